The van der Waals surface area contributed by atoms with E-state index in [1.54, 1.807) is 4.90 Å². The third kappa shape index (κ3) is 5.09. The largest absolute Gasteiger partial charge is 0.322 e. The van der Waals surface area contributed by atoms with Crippen LogP contribution < -0.4 is 10.6 Å². The van der Waals surface area contributed by atoms with Crippen LogP contribution in [0.5, 0.6) is 0 Å². The minimum absolute atomic E-state index is 0.0535. The Kier molecular flexibility index (Phi) is 6.70. The molecule has 0 bridgehead atoms. The van der Waals surface area contributed by atoms with Crippen molar-refractivity contribution in [1.29, 1.82) is 5.26 Å². The molecule has 1 rings (SSSR count). The number of carbonyl (C=O) groups is 1. The van der Waals surface area contributed by atoms with Crippen molar-refractivity contribution in [3.8, 4) is 6.07 Å². The number of hydrogen-bond acceptors (Lipinski definition) is 3. The Morgan fingerprint density at radius 1 is 1.38 bits per heavy atom. The number of hydrogen-bond donors (Lipinski definition) is 2. The summed E-state index contributed by atoms with van der Waals surface area (Å²) in [5.74, 6) is 0. The van der Waals surface area contributed by atoms with Gasteiger partial charge in [0.15, 0.2) is 0 Å². The molecule has 0 aliphatic carbocycles. The van der Waals surface area contributed by atoms with E-state index in [2.05, 4.69) is 23.6 Å². The molecular weight excluding hydrogens is 264 g/mol. The minimum atomic E-state index is -0.172. The van der Waals surface area contributed by atoms with Gasteiger partial charge in [0.25, 0.3) is 0 Å². The van der Waals surface area contributed by atoms with Crippen molar-refractivity contribution in [3.05, 3.63) is 29.8 Å². The van der Waals surface area contributed by atoms with Crippen molar-refractivity contribution in [2.75, 3.05) is 18.9 Å². The predicted molar refractivity (Wildman–Crippen MR) is 85.0 cm³/mol. The van der Waals surface area contributed by atoms with Crippen LogP contribution >= 0.6 is 0 Å². The van der Waals surface area contributed by atoms with Crippen molar-refractivity contribution in [3.63, 3.8) is 0 Å². The van der Waals surface area contributed by atoms with Gasteiger partial charge >= 0.3 is 6.03 Å². The third-order valence-corrected chi connectivity index (χ3v) is 3.42. The highest BCUT2D eigenvalue weighted by Crippen LogP contribution is 2.17. The summed E-state index contributed by atoms with van der Waals surface area (Å²) in [4.78, 5) is 14.0. The molecule has 0 fully saturated rings. The standard InChI is InChI=1S/C16H24N4O/c1-12(2)20(10-6-9-17)16(21)19-15-8-5-7-14(11-15)13(3)18-4/h5,7-8,11-13,18H,6,10H2,1-4H3,(H,19,21). The van der Waals surface area contributed by atoms with E-state index in [1.165, 1.54) is 0 Å². The summed E-state index contributed by atoms with van der Waals surface area (Å²) in [6, 6.07) is 9.95. The molecule has 1 aromatic carbocycles. The van der Waals surface area contributed by atoms with Gasteiger partial charge in [-0.1, -0.05) is 12.1 Å². The molecule has 1 unspecified atom stereocenters. The van der Waals surface area contributed by atoms with Gasteiger partial charge in [0.2, 0.25) is 0 Å². The van der Waals surface area contributed by atoms with Crippen LogP contribution in [0, 0.1) is 11.3 Å². The van der Waals surface area contributed by atoms with Gasteiger partial charge in [-0.25, -0.2) is 4.79 Å². The molecule has 2 N–H and O–H groups in total. The molecular formula is C16H24N4O. The highest BCUT2D eigenvalue weighted by Gasteiger charge is 2.16. The number of nitrogens with zero attached hydrogens (tertiary/aromatic N) is 2. The highest BCUT2D eigenvalue weighted by atomic mass is 16.2. The summed E-state index contributed by atoms with van der Waals surface area (Å²) in [6.07, 6.45) is 0.336. The van der Waals surface area contributed by atoms with Crippen molar-refractivity contribution in [1.82, 2.24) is 10.2 Å². The predicted octanol–water partition coefficient (Wildman–Crippen LogP) is 3.12. The Bertz CT molecular complexity index is 507. The van der Waals surface area contributed by atoms with Crippen LogP contribution in [0.15, 0.2) is 24.3 Å². The van der Waals surface area contributed by atoms with E-state index in [9.17, 15) is 4.79 Å². The lowest BCUT2D eigenvalue weighted by Gasteiger charge is -2.26. The number of benzene rings is 1. The highest BCUT2D eigenvalue weighted by molar-refractivity contribution is 5.89. The second kappa shape index (κ2) is 8.28. The number of rotatable bonds is 6. The SMILES string of the molecule is CNC(C)c1cccc(NC(=O)N(CCC#N)C(C)C)c1. The average molecular weight is 288 g/mol. The first kappa shape index (κ1) is 17.0. The van der Waals surface area contributed by atoms with Crippen LogP contribution in [-0.4, -0.2) is 30.6 Å². The Morgan fingerprint density at radius 3 is 2.67 bits per heavy atom. The fourth-order valence-corrected chi connectivity index (χ4v) is 2.01. The maximum Gasteiger partial charge on any atom is 0.322 e. The number of urea groups is 1. The van der Waals surface area contributed by atoms with Crippen LogP contribution in [0.25, 0.3) is 0 Å². The molecule has 5 heteroatoms. The summed E-state index contributed by atoms with van der Waals surface area (Å²) in [6.45, 7) is 6.38. The smallest absolute Gasteiger partial charge is 0.321 e. The molecule has 114 valence electrons. The van der Waals surface area contributed by atoms with E-state index in [4.69, 9.17) is 5.26 Å². The van der Waals surface area contributed by atoms with Gasteiger partial charge in [0.05, 0.1) is 12.5 Å². The molecule has 0 aliphatic heterocycles. The Balaban J connectivity index is 2.79. The second-order valence-electron chi connectivity index (χ2n) is 5.26. The molecule has 5 nitrogen and oxygen atoms in total. The summed E-state index contributed by atoms with van der Waals surface area (Å²) >= 11 is 0. The van der Waals surface area contributed by atoms with E-state index >= 15 is 0 Å². The van der Waals surface area contributed by atoms with Crippen LogP contribution in [0.3, 0.4) is 0 Å². The van der Waals surface area contributed by atoms with Gasteiger partial charge in [-0.3, -0.25) is 0 Å². The first-order chi connectivity index (χ1) is 9.99. The molecule has 21 heavy (non-hydrogen) atoms. The molecule has 0 spiro atoms. The molecule has 0 aromatic heterocycles. The van der Waals surface area contributed by atoms with Crippen LogP contribution in [0.1, 0.15) is 38.8 Å². The lowest BCUT2D eigenvalue weighted by atomic mass is 10.1. The molecule has 0 aliphatic rings. The van der Waals surface area contributed by atoms with E-state index in [-0.39, 0.29) is 18.1 Å². The quantitative estimate of drug-likeness (QED) is 0.845. The molecule has 0 radical (unpaired) electrons. The first-order valence-electron chi connectivity index (χ1n) is 7.21. The van der Waals surface area contributed by atoms with Gasteiger partial charge in [0, 0.05) is 24.3 Å². The van der Waals surface area contributed by atoms with Gasteiger partial charge in [-0.05, 0) is 45.5 Å². The summed E-state index contributed by atoms with van der Waals surface area (Å²) < 4.78 is 0. The molecule has 0 saturated heterocycles. The fourth-order valence-electron chi connectivity index (χ4n) is 2.01. The maximum absolute atomic E-state index is 12.3. The third-order valence-electron chi connectivity index (χ3n) is 3.42. The van der Waals surface area contributed by atoms with Crippen LogP contribution in [-0.2, 0) is 0 Å². The van der Waals surface area contributed by atoms with Gasteiger partial charge in [0.1, 0.15) is 0 Å². The number of carbonyl (C=O) groups excluding carboxylic acids is 1. The molecule has 1 aromatic rings. The first-order valence-corrected chi connectivity index (χ1v) is 7.21. The molecule has 0 saturated carbocycles. The number of amides is 2. The van der Waals surface area contributed by atoms with Gasteiger partial charge < -0.3 is 15.5 Å². The molecule has 0 heterocycles. The average Bonchev–Trinajstić information content (AvgIpc) is 2.46. The maximum atomic E-state index is 12.3. The Labute approximate surface area is 126 Å². The zero-order chi connectivity index (χ0) is 15.8. The van der Waals surface area contributed by atoms with Gasteiger partial charge in [-0.15, -0.1) is 0 Å². The fraction of sp³-hybridized carbons (Fsp3) is 0.500. The normalized spacial score (nSPS) is 11.8. The number of nitrogens with one attached hydrogen (secondary N) is 2. The zero-order valence-electron chi connectivity index (χ0n) is 13.2. The van der Waals surface area contributed by atoms with E-state index in [0.29, 0.717) is 13.0 Å². The van der Waals surface area contributed by atoms with Crippen molar-refractivity contribution in [2.24, 2.45) is 0 Å². The van der Waals surface area contributed by atoms with Crippen molar-refractivity contribution < 1.29 is 4.79 Å². The molecule has 1 atom stereocenters. The summed E-state index contributed by atoms with van der Waals surface area (Å²) in [7, 11) is 1.90. The Hall–Kier alpha value is -2.06. The minimum Gasteiger partial charge on any atom is -0.321 e. The lowest BCUT2D eigenvalue weighted by Crippen LogP contribution is -2.40. The summed E-state index contributed by atoms with van der Waals surface area (Å²) in [5, 5.41) is 14.8. The van der Waals surface area contributed by atoms with E-state index in [1.807, 2.05) is 45.2 Å². The van der Waals surface area contributed by atoms with Crippen molar-refractivity contribution >= 4 is 11.7 Å². The zero-order valence-corrected chi connectivity index (χ0v) is 13.2. The monoisotopic (exact) mass is 288 g/mol. The van der Waals surface area contributed by atoms with Crippen LogP contribution in [0.2, 0.25) is 0 Å². The number of anilines is 1. The summed E-state index contributed by atoms with van der Waals surface area (Å²) in [5.41, 5.74) is 1.88. The van der Waals surface area contributed by atoms with Crippen LogP contribution in [0.4, 0.5) is 10.5 Å². The Morgan fingerprint density at radius 2 is 2.10 bits per heavy atom. The van der Waals surface area contributed by atoms with Gasteiger partial charge in [-0.2, -0.15) is 5.26 Å². The van der Waals surface area contributed by atoms with E-state index in [0.717, 1.165) is 11.3 Å². The van der Waals surface area contributed by atoms with Crippen molar-refractivity contribution in [2.45, 2.75) is 39.3 Å². The number of nitriles is 1. The topological polar surface area (TPSA) is 68.2 Å². The van der Waals surface area contributed by atoms with E-state index < -0.39 is 0 Å². The second-order valence-corrected chi connectivity index (χ2v) is 5.26. The lowest BCUT2D eigenvalue weighted by molar-refractivity contribution is 0.198. The molecule has 2 amide bonds.